The first-order valence-corrected chi connectivity index (χ1v) is 10.7. The van der Waals surface area contributed by atoms with E-state index in [-0.39, 0.29) is 0 Å². The van der Waals surface area contributed by atoms with E-state index in [1.807, 2.05) is 6.20 Å². The first-order valence-electron chi connectivity index (χ1n) is 9.92. The van der Waals surface area contributed by atoms with Crippen LogP contribution in [-0.2, 0) is 0 Å². The summed E-state index contributed by atoms with van der Waals surface area (Å²) in [6.45, 7) is 0. The lowest BCUT2D eigenvalue weighted by atomic mass is 9.90. The molecule has 0 fully saturated rings. The SMILES string of the molecule is Brc1ccc2[nH]cc(-c3ccc4ccccc4c3-c3nccc4ccccc34)c2c1. The number of pyridine rings is 1. The molecule has 3 heteroatoms. The van der Waals surface area contributed by atoms with E-state index in [0.29, 0.717) is 0 Å². The highest BCUT2D eigenvalue weighted by Gasteiger charge is 2.17. The van der Waals surface area contributed by atoms with Crippen molar-refractivity contribution in [3.05, 3.63) is 102 Å². The Bertz CT molecular complexity index is 1560. The summed E-state index contributed by atoms with van der Waals surface area (Å²) in [5.74, 6) is 0. The summed E-state index contributed by atoms with van der Waals surface area (Å²) in [4.78, 5) is 8.31. The Labute approximate surface area is 182 Å². The standard InChI is InChI=1S/C27H17BrN2/c28-19-10-12-25-23(15-19)24(16-30-25)22-11-9-17-5-1-3-7-20(17)26(22)27-21-8-4-2-6-18(21)13-14-29-27/h1-16,30H. The lowest BCUT2D eigenvalue weighted by Gasteiger charge is -2.15. The minimum Gasteiger partial charge on any atom is -0.361 e. The predicted molar refractivity (Wildman–Crippen MR) is 130 cm³/mol. The Morgan fingerprint density at radius 2 is 1.43 bits per heavy atom. The summed E-state index contributed by atoms with van der Waals surface area (Å²) in [7, 11) is 0. The second kappa shape index (κ2) is 6.82. The molecule has 0 saturated carbocycles. The van der Waals surface area contributed by atoms with E-state index in [4.69, 9.17) is 4.98 Å². The molecule has 6 rings (SSSR count). The fourth-order valence-corrected chi connectivity index (χ4v) is 4.75. The second-order valence-electron chi connectivity index (χ2n) is 7.48. The van der Waals surface area contributed by atoms with Crippen LogP contribution in [0.15, 0.2) is 102 Å². The number of hydrogen-bond acceptors (Lipinski definition) is 1. The summed E-state index contributed by atoms with van der Waals surface area (Å²) in [5.41, 5.74) is 5.68. The van der Waals surface area contributed by atoms with Crippen LogP contribution in [-0.4, -0.2) is 9.97 Å². The van der Waals surface area contributed by atoms with E-state index in [2.05, 4.69) is 112 Å². The third-order valence-electron chi connectivity index (χ3n) is 5.77. The van der Waals surface area contributed by atoms with Gasteiger partial charge in [-0.05, 0) is 46.0 Å². The summed E-state index contributed by atoms with van der Waals surface area (Å²) in [6, 6.07) is 29.9. The number of nitrogens with one attached hydrogen (secondary N) is 1. The summed E-state index contributed by atoms with van der Waals surface area (Å²) < 4.78 is 1.07. The molecule has 0 bridgehead atoms. The minimum absolute atomic E-state index is 1.02. The number of benzene rings is 4. The van der Waals surface area contributed by atoms with Crippen molar-refractivity contribution < 1.29 is 0 Å². The topological polar surface area (TPSA) is 28.7 Å². The second-order valence-corrected chi connectivity index (χ2v) is 8.40. The third-order valence-corrected chi connectivity index (χ3v) is 6.27. The number of aromatic nitrogens is 2. The highest BCUT2D eigenvalue weighted by Crippen LogP contribution is 2.42. The fraction of sp³-hybridized carbons (Fsp3) is 0. The number of rotatable bonds is 2. The van der Waals surface area contributed by atoms with Crippen LogP contribution in [0.2, 0.25) is 0 Å². The molecule has 0 aliphatic rings. The normalized spacial score (nSPS) is 11.5. The van der Waals surface area contributed by atoms with Gasteiger partial charge in [-0.3, -0.25) is 4.98 Å². The Kier molecular flexibility index (Phi) is 3.96. The van der Waals surface area contributed by atoms with E-state index in [1.165, 1.54) is 43.6 Å². The highest BCUT2D eigenvalue weighted by molar-refractivity contribution is 9.10. The van der Waals surface area contributed by atoms with E-state index in [0.717, 1.165) is 15.7 Å². The number of halogens is 1. The number of hydrogen-bond donors (Lipinski definition) is 1. The van der Waals surface area contributed by atoms with Gasteiger partial charge in [0.25, 0.3) is 0 Å². The number of H-pyrrole nitrogens is 1. The van der Waals surface area contributed by atoms with Crippen LogP contribution in [0, 0.1) is 0 Å². The van der Waals surface area contributed by atoms with Gasteiger partial charge in [0, 0.05) is 44.3 Å². The van der Waals surface area contributed by atoms with Crippen molar-refractivity contribution >= 4 is 48.4 Å². The molecule has 0 aliphatic heterocycles. The maximum absolute atomic E-state index is 4.88. The molecule has 0 saturated heterocycles. The van der Waals surface area contributed by atoms with E-state index < -0.39 is 0 Å². The Morgan fingerprint density at radius 1 is 0.667 bits per heavy atom. The fourth-order valence-electron chi connectivity index (χ4n) is 4.39. The molecule has 2 heterocycles. The molecule has 0 unspecified atom stereocenters. The third kappa shape index (κ3) is 2.66. The average Bonchev–Trinajstić information content (AvgIpc) is 3.21. The van der Waals surface area contributed by atoms with Crippen LogP contribution in [0.1, 0.15) is 0 Å². The van der Waals surface area contributed by atoms with E-state index >= 15 is 0 Å². The van der Waals surface area contributed by atoms with Crippen LogP contribution in [0.4, 0.5) is 0 Å². The van der Waals surface area contributed by atoms with E-state index in [1.54, 1.807) is 0 Å². The van der Waals surface area contributed by atoms with Gasteiger partial charge in [-0.1, -0.05) is 76.6 Å². The van der Waals surface area contributed by atoms with Gasteiger partial charge in [0.05, 0.1) is 5.69 Å². The molecule has 0 aliphatic carbocycles. The van der Waals surface area contributed by atoms with Crippen LogP contribution >= 0.6 is 15.9 Å². The molecule has 6 aromatic rings. The zero-order chi connectivity index (χ0) is 20.1. The highest BCUT2D eigenvalue weighted by atomic mass is 79.9. The zero-order valence-corrected chi connectivity index (χ0v) is 17.6. The summed E-state index contributed by atoms with van der Waals surface area (Å²) in [6.07, 6.45) is 4.02. The lowest BCUT2D eigenvalue weighted by Crippen LogP contribution is -1.92. The largest absolute Gasteiger partial charge is 0.361 e. The minimum atomic E-state index is 1.02. The zero-order valence-electron chi connectivity index (χ0n) is 16.1. The Balaban J connectivity index is 1.77. The smallest absolute Gasteiger partial charge is 0.0792 e. The van der Waals surface area contributed by atoms with Crippen molar-refractivity contribution in [3.63, 3.8) is 0 Å². The first kappa shape index (κ1) is 17.4. The Morgan fingerprint density at radius 3 is 2.30 bits per heavy atom. The molecular formula is C27H17BrN2. The summed E-state index contributed by atoms with van der Waals surface area (Å²) in [5, 5.41) is 5.98. The van der Waals surface area contributed by atoms with Crippen molar-refractivity contribution in [2.24, 2.45) is 0 Å². The number of nitrogens with zero attached hydrogens (tertiary/aromatic N) is 1. The van der Waals surface area contributed by atoms with Crippen LogP contribution in [0.3, 0.4) is 0 Å². The molecule has 0 radical (unpaired) electrons. The molecule has 2 aromatic heterocycles. The molecule has 30 heavy (non-hydrogen) atoms. The monoisotopic (exact) mass is 448 g/mol. The number of aromatic amines is 1. The molecule has 2 nitrogen and oxygen atoms in total. The first-order chi connectivity index (χ1) is 14.8. The summed E-state index contributed by atoms with van der Waals surface area (Å²) >= 11 is 3.63. The van der Waals surface area contributed by atoms with Crippen LogP contribution in [0.25, 0.3) is 54.8 Å². The van der Waals surface area contributed by atoms with Crippen LogP contribution < -0.4 is 0 Å². The molecule has 0 spiro atoms. The molecule has 0 atom stereocenters. The van der Waals surface area contributed by atoms with Crippen molar-refractivity contribution in [1.29, 1.82) is 0 Å². The van der Waals surface area contributed by atoms with Crippen molar-refractivity contribution in [2.75, 3.05) is 0 Å². The van der Waals surface area contributed by atoms with E-state index in [9.17, 15) is 0 Å². The molecular weight excluding hydrogens is 432 g/mol. The average molecular weight is 449 g/mol. The lowest BCUT2D eigenvalue weighted by molar-refractivity contribution is 1.36. The van der Waals surface area contributed by atoms with Gasteiger partial charge >= 0.3 is 0 Å². The van der Waals surface area contributed by atoms with Crippen molar-refractivity contribution in [3.8, 4) is 22.4 Å². The van der Waals surface area contributed by atoms with Gasteiger partial charge in [-0.15, -0.1) is 0 Å². The van der Waals surface area contributed by atoms with Crippen molar-refractivity contribution in [1.82, 2.24) is 9.97 Å². The van der Waals surface area contributed by atoms with Gasteiger partial charge in [0.15, 0.2) is 0 Å². The molecule has 1 N–H and O–H groups in total. The Hall–Kier alpha value is -3.43. The van der Waals surface area contributed by atoms with Gasteiger partial charge < -0.3 is 4.98 Å². The van der Waals surface area contributed by atoms with Gasteiger partial charge in [-0.2, -0.15) is 0 Å². The van der Waals surface area contributed by atoms with Crippen molar-refractivity contribution in [2.45, 2.75) is 0 Å². The predicted octanol–water partition coefficient (Wildman–Crippen LogP) is 7.97. The molecule has 0 amide bonds. The molecule has 142 valence electrons. The quantitative estimate of drug-likeness (QED) is 0.285. The van der Waals surface area contributed by atoms with Crippen LogP contribution in [0.5, 0.6) is 0 Å². The van der Waals surface area contributed by atoms with Gasteiger partial charge in [0.1, 0.15) is 0 Å². The maximum Gasteiger partial charge on any atom is 0.0792 e. The number of fused-ring (bicyclic) bond motifs is 3. The maximum atomic E-state index is 4.88. The van der Waals surface area contributed by atoms with Gasteiger partial charge in [0.2, 0.25) is 0 Å². The van der Waals surface area contributed by atoms with Gasteiger partial charge in [-0.25, -0.2) is 0 Å². The molecule has 4 aromatic carbocycles.